The summed E-state index contributed by atoms with van der Waals surface area (Å²) in [4.78, 5) is 12.9. The van der Waals surface area contributed by atoms with Crippen LogP contribution in [0.5, 0.6) is 0 Å². The molecule has 2 aromatic rings. The van der Waals surface area contributed by atoms with Gasteiger partial charge in [-0.2, -0.15) is 0 Å². The Hall–Kier alpha value is -1.92. The van der Waals surface area contributed by atoms with Crippen molar-refractivity contribution in [3.63, 3.8) is 0 Å². The lowest BCUT2D eigenvalue weighted by molar-refractivity contribution is -0.118. The predicted molar refractivity (Wildman–Crippen MR) is 94.9 cm³/mol. The summed E-state index contributed by atoms with van der Waals surface area (Å²) in [5.74, 6) is -1.29. The van der Waals surface area contributed by atoms with Crippen molar-refractivity contribution in [1.82, 2.24) is 0 Å². The van der Waals surface area contributed by atoms with E-state index in [0.717, 1.165) is 0 Å². The Morgan fingerprint density at radius 1 is 1.04 bits per heavy atom. The number of para-hydroxylation sites is 1. The average Bonchev–Trinajstić information content (AvgIpc) is 3.09. The van der Waals surface area contributed by atoms with Gasteiger partial charge in [0.15, 0.2) is 14.6 Å². The van der Waals surface area contributed by atoms with Gasteiger partial charge in [0.1, 0.15) is 5.82 Å². The standard InChI is InChI=1S/C18H17ClFNO3S/c19-13-7-9-14(10-8-13)25(23,24)18(11-3-4-12-18)17(22)21-16-6-2-1-5-15(16)20/h1-2,5-10H,3-4,11-12H2,(H,21,22). The molecule has 0 bridgehead atoms. The lowest BCUT2D eigenvalue weighted by Gasteiger charge is -2.27. The molecule has 7 heteroatoms. The molecule has 4 nitrogen and oxygen atoms in total. The zero-order valence-electron chi connectivity index (χ0n) is 13.3. The van der Waals surface area contributed by atoms with Gasteiger partial charge in [-0.05, 0) is 49.2 Å². The predicted octanol–water partition coefficient (Wildman–Crippen LogP) is 4.20. The zero-order valence-corrected chi connectivity index (χ0v) is 14.9. The largest absolute Gasteiger partial charge is 0.322 e. The second kappa shape index (κ2) is 6.77. The molecule has 2 aromatic carbocycles. The van der Waals surface area contributed by atoms with Crippen LogP contribution in [0.15, 0.2) is 53.4 Å². The van der Waals surface area contributed by atoms with Crippen LogP contribution < -0.4 is 5.32 Å². The summed E-state index contributed by atoms with van der Waals surface area (Å²) in [6.07, 6.45) is 1.66. The van der Waals surface area contributed by atoms with Gasteiger partial charge >= 0.3 is 0 Å². The van der Waals surface area contributed by atoms with Gasteiger partial charge in [0.2, 0.25) is 5.91 Å². The lowest BCUT2D eigenvalue weighted by Crippen LogP contribution is -2.47. The van der Waals surface area contributed by atoms with Gasteiger partial charge in [0.05, 0.1) is 10.6 Å². The molecule has 132 valence electrons. The van der Waals surface area contributed by atoms with E-state index in [-0.39, 0.29) is 23.4 Å². The van der Waals surface area contributed by atoms with Gasteiger partial charge in [-0.25, -0.2) is 12.8 Å². The maximum atomic E-state index is 13.8. The van der Waals surface area contributed by atoms with E-state index in [2.05, 4.69) is 5.32 Å². The topological polar surface area (TPSA) is 63.2 Å². The quantitative estimate of drug-likeness (QED) is 0.863. The Balaban J connectivity index is 2.00. The molecule has 0 heterocycles. The number of anilines is 1. The first-order valence-corrected chi connectivity index (χ1v) is 9.79. The minimum Gasteiger partial charge on any atom is -0.322 e. The first kappa shape index (κ1) is 17.9. The van der Waals surface area contributed by atoms with Crippen molar-refractivity contribution in [1.29, 1.82) is 0 Å². The number of rotatable bonds is 4. The maximum absolute atomic E-state index is 13.8. The SMILES string of the molecule is O=C(Nc1ccccc1F)C1(S(=O)(=O)c2ccc(Cl)cc2)CCCC1. The number of carbonyl (C=O) groups is 1. The Labute approximate surface area is 150 Å². The average molecular weight is 382 g/mol. The smallest absolute Gasteiger partial charge is 0.246 e. The first-order chi connectivity index (χ1) is 11.9. The van der Waals surface area contributed by atoms with Gasteiger partial charge in [-0.1, -0.05) is 36.6 Å². The summed E-state index contributed by atoms with van der Waals surface area (Å²) in [6, 6.07) is 11.4. The summed E-state index contributed by atoms with van der Waals surface area (Å²) in [6.45, 7) is 0. The highest BCUT2D eigenvalue weighted by atomic mass is 35.5. The summed E-state index contributed by atoms with van der Waals surface area (Å²) in [7, 11) is -3.94. The summed E-state index contributed by atoms with van der Waals surface area (Å²) >= 11 is 5.83. The van der Waals surface area contributed by atoms with Crippen molar-refractivity contribution in [3.8, 4) is 0 Å². The zero-order chi connectivity index (χ0) is 18.1. The van der Waals surface area contributed by atoms with Crippen LogP contribution in [0.4, 0.5) is 10.1 Å². The van der Waals surface area contributed by atoms with Gasteiger partial charge in [-0.15, -0.1) is 0 Å². The minimum atomic E-state index is -3.94. The minimum absolute atomic E-state index is 0.0231. The van der Waals surface area contributed by atoms with Gasteiger partial charge in [0, 0.05) is 5.02 Å². The third kappa shape index (κ3) is 3.16. The molecule has 0 atom stereocenters. The molecule has 0 aliphatic heterocycles. The molecule has 3 rings (SSSR count). The first-order valence-electron chi connectivity index (χ1n) is 7.93. The van der Waals surface area contributed by atoms with E-state index in [0.29, 0.717) is 17.9 Å². The molecule has 1 fully saturated rings. The molecule has 1 N–H and O–H groups in total. The van der Waals surface area contributed by atoms with Crippen LogP contribution in [0.2, 0.25) is 5.02 Å². The molecule has 0 radical (unpaired) electrons. The highest BCUT2D eigenvalue weighted by molar-refractivity contribution is 7.93. The van der Waals surface area contributed by atoms with Crippen LogP contribution in [-0.2, 0) is 14.6 Å². The van der Waals surface area contributed by atoms with E-state index >= 15 is 0 Å². The van der Waals surface area contributed by atoms with Crippen LogP contribution >= 0.6 is 11.6 Å². The maximum Gasteiger partial charge on any atom is 0.246 e. The van der Waals surface area contributed by atoms with Crippen molar-refractivity contribution >= 4 is 33.0 Å². The second-order valence-corrected chi connectivity index (χ2v) is 8.79. The highest BCUT2D eigenvalue weighted by Gasteiger charge is 2.53. The third-order valence-electron chi connectivity index (χ3n) is 4.59. The van der Waals surface area contributed by atoms with E-state index in [1.807, 2.05) is 0 Å². The Morgan fingerprint density at radius 3 is 2.24 bits per heavy atom. The van der Waals surface area contributed by atoms with Crippen molar-refractivity contribution in [3.05, 3.63) is 59.4 Å². The van der Waals surface area contributed by atoms with Crippen molar-refractivity contribution in [2.75, 3.05) is 5.32 Å². The number of sulfone groups is 1. The van der Waals surface area contributed by atoms with E-state index in [1.54, 1.807) is 6.07 Å². The van der Waals surface area contributed by atoms with Gasteiger partial charge in [-0.3, -0.25) is 4.79 Å². The molecular formula is C18H17ClFNO3S. The van der Waals surface area contributed by atoms with Crippen LogP contribution in [0.25, 0.3) is 0 Å². The van der Waals surface area contributed by atoms with E-state index in [9.17, 15) is 17.6 Å². The third-order valence-corrected chi connectivity index (χ3v) is 7.35. The van der Waals surface area contributed by atoms with Crippen molar-refractivity contribution < 1.29 is 17.6 Å². The molecule has 1 saturated carbocycles. The summed E-state index contributed by atoms with van der Waals surface area (Å²) in [5.41, 5.74) is -0.0231. The number of carbonyl (C=O) groups excluding carboxylic acids is 1. The number of nitrogens with one attached hydrogen (secondary N) is 1. The van der Waals surface area contributed by atoms with Crippen LogP contribution in [0.1, 0.15) is 25.7 Å². The van der Waals surface area contributed by atoms with Crippen LogP contribution in [0.3, 0.4) is 0 Å². The molecule has 1 amide bonds. The number of halogens is 2. The van der Waals surface area contributed by atoms with E-state index < -0.39 is 26.3 Å². The number of hydrogen-bond donors (Lipinski definition) is 1. The Bertz CT molecular complexity index is 891. The van der Waals surface area contributed by atoms with E-state index in [4.69, 9.17) is 11.6 Å². The number of benzene rings is 2. The molecule has 0 aromatic heterocycles. The number of hydrogen-bond acceptors (Lipinski definition) is 3. The molecule has 0 spiro atoms. The van der Waals surface area contributed by atoms with Crippen LogP contribution in [0, 0.1) is 5.82 Å². The molecule has 1 aliphatic carbocycles. The summed E-state index contributed by atoms with van der Waals surface area (Å²) in [5, 5.41) is 2.87. The van der Waals surface area contributed by atoms with Crippen molar-refractivity contribution in [2.24, 2.45) is 0 Å². The van der Waals surface area contributed by atoms with Crippen molar-refractivity contribution in [2.45, 2.75) is 35.3 Å². The van der Waals surface area contributed by atoms with Gasteiger partial charge < -0.3 is 5.32 Å². The Morgan fingerprint density at radius 2 is 1.64 bits per heavy atom. The highest BCUT2D eigenvalue weighted by Crippen LogP contribution is 2.41. The lowest BCUT2D eigenvalue weighted by atomic mass is 10.1. The normalized spacial score (nSPS) is 16.6. The monoisotopic (exact) mass is 381 g/mol. The Kier molecular flexibility index (Phi) is 4.84. The molecule has 1 aliphatic rings. The molecule has 0 saturated heterocycles. The van der Waals surface area contributed by atoms with Crippen LogP contribution in [-0.4, -0.2) is 19.1 Å². The second-order valence-electron chi connectivity index (χ2n) is 6.09. The fourth-order valence-electron chi connectivity index (χ4n) is 3.20. The van der Waals surface area contributed by atoms with Gasteiger partial charge in [0.25, 0.3) is 0 Å². The summed E-state index contributed by atoms with van der Waals surface area (Å²) < 4.78 is 38.6. The molecular weight excluding hydrogens is 365 g/mol. The number of amides is 1. The van der Waals surface area contributed by atoms with E-state index in [1.165, 1.54) is 42.5 Å². The fourth-order valence-corrected chi connectivity index (χ4v) is 5.39. The fraction of sp³-hybridized carbons (Fsp3) is 0.278. The molecule has 0 unspecified atom stereocenters. The molecule has 25 heavy (non-hydrogen) atoms.